The van der Waals surface area contributed by atoms with E-state index in [4.69, 9.17) is 9.74 Å². The number of amides is 1. The quantitative estimate of drug-likeness (QED) is 0.291. The number of likely N-dealkylation sites (tertiary alicyclic amines) is 1. The van der Waals surface area contributed by atoms with Crippen molar-refractivity contribution >= 4 is 23.5 Å². The third kappa shape index (κ3) is 3.35. The lowest BCUT2D eigenvalue weighted by atomic mass is 9.83. The number of rotatable bonds is 5. The van der Waals surface area contributed by atoms with Gasteiger partial charge in [0.2, 0.25) is 5.91 Å². The van der Waals surface area contributed by atoms with E-state index in [9.17, 15) is 14.4 Å². The largest absolute Gasteiger partial charge is 0.409 e. The summed E-state index contributed by atoms with van der Waals surface area (Å²) in [5.74, 6) is -0.559. The summed E-state index contributed by atoms with van der Waals surface area (Å²) >= 11 is 1.34. The predicted octanol–water partition coefficient (Wildman–Crippen LogP) is 0.527. The molecule has 1 atom stereocenters. The van der Waals surface area contributed by atoms with Crippen molar-refractivity contribution in [3.63, 3.8) is 0 Å². The van der Waals surface area contributed by atoms with E-state index in [2.05, 4.69) is 20.8 Å². The molecule has 1 amide bonds. The first kappa shape index (κ1) is 17.7. The highest BCUT2D eigenvalue weighted by Crippen LogP contribution is 2.35. The molecule has 1 aromatic heterocycles. The summed E-state index contributed by atoms with van der Waals surface area (Å²) in [5.41, 5.74) is 2.08. The lowest BCUT2D eigenvalue weighted by Gasteiger charge is -2.38. The maximum atomic E-state index is 13.4. The first-order chi connectivity index (χ1) is 13.1. The molecule has 1 fully saturated rings. The van der Waals surface area contributed by atoms with Gasteiger partial charge in [0.05, 0.1) is 6.04 Å². The van der Waals surface area contributed by atoms with Crippen molar-refractivity contribution in [3.8, 4) is 0 Å². The SMILES string of the molecule is O=C(CO)N1CC(Sc2nonc2/C(=N/O)NC2Cc3ccc(F)cc32)C1. The summed E-state index contributed by atoms with van der Waals surface area (Å²) in [6.07, 6.45) is 0.670. The van der Waals surface area contributed by atoms with Crippen LogP contribution in [0.3, 0.4) is 0 Å². The zero-order valence-corrected chi connectivity index (χ0v) is 14.8. The number of amidine groups is 1. The number of aliphatic hydroxyl groups is 1. The molecule has 11 heteroatoms. The molecule has 1 aliphatic heterocycles. The fourth-order valence-electron chi connectivity index (χ4n) is 3.09. The minimum Gasteiger partial charge on any atom is -0.409 e. The molecule has 1 unspecified atom stereocenters. The van der Waals surface area contributed by atoms with Crippen LogP contribution in [0.2, 0.25) is 0 Å². The van der Waals surface area contributed by atoms with E-state index in [1.165, 1.54) is 28.8 Å². The maximum Gasteiger partial charge on any atom is 0.248 e. The number of halogens is 1. The van der Waals surface area contributed by atoms with E-state index < -0.39 is 6.61 Å². The number of aliphatic hydroxyl groups excluding tert-OH is 1. The number of aromatic nitrogens is 2. The molecule has 1 aliphatic carbocycles. The van der Waals surface area contributed by atoms with Crippen molar-refractivity contribution in [1.82, 2.24) is 20.5 Å². The standard InChI is InChI=1S/C16H16FN5O4S/c17-9-2-1-8-3-12(11(8)4-9)18-15(19-25)14-16(21-26-20-14)27-10-5-22(6-10)13(24)7-23/h1-2,4,10,12,23,25H,3,5-7H2,(H,18,19). The second-order valence-corrected chi connectivity index (χ2v) is 7.60. The molecule has 4 rings (SSSR count). The average molecular weight is 393 g/mol. The molecule has 3 N–H and O–H groups in total. The van der Waals surface area contributed by atoms with Crippen LogP contribution in [0, 0.1) is 5.82 Å². The zero-order chi connectivity index (χ0) is 19.0. The fraction of sp³-hybridized carbons (Fsp3) is 0.375. The summed E-state index contributed by atoms with van der Waals surface area (Å²) in [6, 6.07) is 4.39. The Morgan fingerprint density at radius 1 is 1.44 bits per heavy atom. The molecule has 142 valence electrons. The fourth-order valence-corrected chi connectivity index (χ4v) is 4.24. The highest BCUT2D eigenvalue weighted by molar-refractivity contribution is 8.00. The molecule has 0 saturated carbocycles. The Hall–Kier alpha value is -2.66. The summed E-state index contributed by atoms with van der Waals surface area (Å²) in [6.45, 7) is 0.443. The topological polar surface area (TPSA) is 124 Å². The first-order valence-corrected chi connectivity index (χ1v) is 9.12. The number of fused-ring (bicyclic) bond motifs is 1. The van der Waals surface area contributed by atoms with E-state index in [0.717, 1.165) is 11.1 Å². The van der Waals surface area contributed by atoms with Gasteiger partial charge in [-0.3, -0.25) is 4.79 Å². The van der Waals surface area contributed by atoms with Crippen LogP contribution in [0.4, 0.5) is 4.39 Å². The van der Waals surface area contributed by atoms with Gasteiger partial charge in [0.25, 0.3) is 0 Å². The molecule has 0 bridgehead atoms. The number of hydrogen-bond donors (Lipinski definition) is 3. The summed E-state index contributed by atoms with van der Waals surface area (Å²) < 4.78 is 18.2. The van der Waals surface area contributed by atoms with Crippen molar-refractivity contribution in [2.45, 2.75) is 22.7 Å². The van der Waals surface area contributed by atoms with Crippen LogP contribution in [0.1, 0.15) is 22.9 Å². The van der Waals surface area contributed by atoms with Crippen molar-refractivity contribution in [3.05, 3.63) is 40.8 Å². The molecule has 27 heavy (non-hydrogen) atoms. The van der Waals surface area contributed by atoms with Crippen LogP contribution in [0.5, 0.6) is 0 Å². The number of nitrogens with zero attached hydrogens (tertiary/aromatic N) is 4. The number of nitrogens with one attached hydrogen (secondary N) is 1. The van der Waals surface area contributed by atoms with Gasteiger partial charge in [0.15, 0.2) is 16.6 Å². The van der Waals surface area contributed by atoms with Gasteiger partial charge in [-0.1, -0.05) is 23.0 Å². The first-order valence-electron chi connectivity index (χ1n) is 8.24. The van der Waals surface area contributed by atoms with Gasteiger partial charge < -0.3 is 20.5 Å². The Labute approximate surface area is 157 Å². The molecule has 2 aliphatic rings. The number of benzene rings is 1. The van der Waals surface area contributed by atoms with E-state index in [-0.39, 0.29) is 34.5 Å². The monoisotopic (exact) mass is 393 g/mol. The van der Waals surface area contributed by atoms with Gasteiger partial charge in [0.1, 0.15) is 12.4 Å². The van der Waals surface area contributed by atoms with Crippen LogP contribution in [0.25, 0.3) is 0 Å². The third-order valence-corrected chi connectivity index (χ3v) is 5.74. The van der Waals surface area contributed by atoms with Crippen molar-refractivity contribution in [1.29, 1.82) is 0 Å². The Balaban J connectivity index is 1.41. The number of oxime groups is 1. The van der Waals surface area contributed by atoms with E-state index in [1.54, 1.807) is 6.07 Å². The molecule has 2 aromatic rings. The number of thioether (sulfide) groups is 1. The molecular formula is C16H16FN5O4S. The van der Waals surface area contributed by atoms with Crippen LogP contribution >= 0.6 is 11.8 Å². The Bertz CT molecular complexity index is 899. The van der Waals surface area contributed by atoms with Gasteiger partial charge in [0, 0.05) is 18.3 Å². The van der Waals surface area contributed by atoms with Crippen LogP contribution in [-0.4, -0.2) is 62.2 Å². The van der Waals surface area contributed by atoms with Gasteiger partial charge in [-0.25, -0.2) is 9.02 Å². The zero-order valence-electron chi connectivity index (χ0n) is 14.0. The Morgan fingerprint density at radius 2 is 2.26 bits per heavy atom. The van der Waals surface area contributed by atoms with E-state index >= 15 is 0 Å². The Kier molecular flexibility index (Phi) is 4.70. The lowest BCUT2D eigenvalue weighted by Crippen LogP contribution is -2.53. The van der Waals surface area contributed by atoms with E-state index in [1.807, 2.05) is 0 Å². The molecule has 9 nitrogen and oxygen atoms in total. The van der Waals surface area contributed by atoms with Crippen LogP contribution < -0.4 is 5.32 Å². The third-order valence-electron chi connectivity index (χ3n) is 4.62. The van der Waals surface area contributed by atoms with Crippen LogP contribution in [-0.2, 0) is 11.2 Å². The molecule has 0 radical (unpaired) electrons. The van der Waals surface area contributed by atoms with Crippen molar-refractivity contribution in [2.24, 2.45) is 5.16 Å². The predicted molar refractivity (Wildman–Crippen MR) is 91.9 cm³/mol. The van der Waals surface area contributed by atoms with E-state index in [0.29, 0.717) is 24.5 Å². The van der Waals surface area contributed by atoms with Crippen molar-refractivity contribution in [2.75, 3.05) is 19.7 Å². The molecule has 2 heterocycles. The second-order valence-electron chi connectivity index (χ2n) is 6.31. The van der Waals surface area contributed by atoms with Crippen molar-refractivity contribution < 1.29 is 24.1 Å². The normalized spacial score (nSPS) is 19.3. The number of carbonyl (C=O) groups excluding carboxylic acids is 1. The van der Waals surface area contributed by atoms with Gasteiger partial charge in [-0.15, -0.1) is 0 Å². The molecule has 1 saturated heterocycles. The Morgan fingerprint density at radius 3 is 3.00 bits per heavy atom. The van der Waals surface area contributed by atoms with Gasteiger partial charge >= 0.3 is 0 Å². The summed E-state index contributed by atoms with van der Waals surface area (Å²) in [4.78, 5) is 12.9. The summed E-state index contributed by atoms with van der Waals surface area (Å²) in [7, 11) is 0. The van der Waals surface area contributed by atoms with Crippen LogP contribution in [0.15, 0.2) is 33.0 Å². The highest BCUT2D eigenvalue weighted by Gasteiger charge is 2.34. The van der Waals surface area contributed by atoms with Gasteiger partial charge in [-0.05, 0) is 40.0 Å². The highest BCUT2D eigenvalue weighted by atomic mass is 32.2. The lowest BCUT2D eigenvalue weighted by molar-refractivity contribution is -0.137. The number of hydrogen-bond acceptors (Lipinski definition) is 8. The summed E-state index contributed by atoms with van der Waals surface area (Å²) in [5, 5.41) is 32.7. The smallest absolute Gasteiger partial charge is 0.248 e. The minimum atomic E-state index is -0.511. The number of carbonyl (C=O) groups is 1. The maximum absolute atomic E-state index is 13.4. The molecule has 0 spiro atoms. The molecular weight excluding hydrogens is 377 g/mol. The second kappa shape index (κ2) is 7.16. The van der Waals surface area contributed by atoms with Gasteiger partial charge in [-0.2, -0.15) is 0 Å². The minimum absolute atomic E-state index is 0.0737. The molecule has 1 aromatic carbocycles. The average Bonchev–Trinajstić information content (AvgIpc) is 3.08.